The van der Waals surface area contributed by atoms with Gasteiger partial charge >= 0.3 is 0 Å². The van der Waals surface area contributed by atoms with Crippen LogP contribution in [-0.4, -0.2) is 37.7 Å². The van der Waals surface area contributed by atoms with Crippen molar-refractivity contribution < 1.29 is 4.74 Å². The Bertz CT molecular complexity index is 427. The Balaban J connectivity index is 0.00000161. The Kier molecular flexibility index (Phi) is 6.34. The van der Waals surface area contributed by atoms with E-state index in [2.05, 4.69) is 28.4 Å². The van der Waals surface area contributed by atoms with Crippen molar-refractivity contribution >= 4 is 12.4 Å². The number of halogens is 1. The minimum Gasteiger partial charge on any atom is -0.496 e. The van der Waals surface area contributed by atoms with Crippen LogP contribution in [0.25, 0.3) is 0 Å². The highest BCUT2D eigenvalue weighted by Crippen LogP contribution is 2.27. The lowest BCUT2D eigenvalue weighted by molar-refractivity contribution is 0.156. The molecule has 1 unspecified atom stereocenters. The summed E-state index contributed by atoms with van der Waals surface area (Å²) < 4.78 is 5.45. The highest BCUT2D eigenvalue weighted by molar-refractivity contribution is 5.85. The molecule has 0 aliphatic carbocycles. The molecule has 0 radical (unpaired) electrons. The van der Waals surface area contributed by atoms with E-state index in [0.29, 0.717) is 0 Å². The second-order valence-corrected chi connectivity index (χ2v) is 6.13. The number of hydrogen-bond donors (Lipinski definition) is 1. The average molecular weight is 311 g/mol. The van der Waals surface area contributed by atoms with Gasteiger partial charge in [0.2, 0.25) is 0 Å². The maximum atomic E-state index is 5.45. The van der Waals surface area contributed by atoms with Gasteiger partial charge in [-0.2, -0.15) is 0 Å². The molecule has 2 aliphatic heterocycles. The van der Waals surface area contributed by atoms with E-state index in [9.17, 15) is 0 Å². The smallest absolute Gasteiger partial charge is 0.123 e. The Hall–Kier alpha value is -0.770. The third-order valence-corrected chi connectivity index (χ3v) is 4.89. The Morgan fingerprint density at radius 2 is 1.95 bits per heavy atom. The van der Waals surface area contributed by atoms with Crippen molar-refractivity contribution in [3.8, 4) is 5.75 Å². The van der Waals surface area contributed by atoms with Crippen molar-refractivity contribution in [2.45, 2.75) is 38.3 Å². The number of hydrogen-bond acceptors (Lipinski definition) is 3. The topological polar surface area (TPSA) is 24.5 Å². The van der Waals surface area contributed by atoms with Crippen molar-refractivity contribution in [1.82, 2.24) is 10.2 Å². The fraction of sp³-hybridized carbons (Fsp3) is 0.647. The zero-order valence-electron chi connectivity index (χ0n) is 12.9. The summed E-state index contributed by atoms with van der Waals surface area (Å²) in [5.41, 5.74) is 1.31. The van der Waals surface area contributed by atoms with Gasteiger partial charge in [-0.3, -0.25) is 4.90 Å². The summed E-state index contributed by atoms with van der Waals surface area (Å²) >= 11 is 0. The van der Waals surface area contributed by atoms with Crippen molar-refractivity contribution in [1.29, 1.82) is 0 Å². The molecule has 21 heavy (non-hydrogen) atoms. The van der Waals surface area contributed by atoms with Gasteiger partial charge in [0.05, 0.1) is 7.11 Å². The molecule has 0 saturated carbocycles. The molecule has 2 saturated heterocycles. The van der Waals surface area contributed by atoms with Gasteiger partial charge in [0.15, 0.2) is 0 Å². The fourth-order valence-electron chi connectivity index (χ4n) is 3.70. The molecule has 0 bridgehead atoms. The molecule has 1 aromatic rings. The zero-order chi connectivity index (χ0) is 13.8. The standard InChI is InChI=1S/C17H26N2O.ClH/c1-20-17-7-3-2-5-15(17)13-19-11-8-14(9-12-19)16-6-4-10-18-16;/h2-3,5,7,14,16,18H,4,6,8-13H2,1H3;1H. The van der Waals surface area contributed by atoms with Gasteiger partial charge in [-0.1, -0.05) is 18.2 Å². The summed E-state index contributed by atoms with van der Waals surface area (Å²) in [5.74, 6) is 1.92. The summed E-state index contributed by atoms with van der Waals surface area (Å²) in [5, 5.41) is 3.67. The van der Waals surface area contributed by atoms with Crippen LogP contribution >= 0.6 is 12.4 Å². The van der Waals surface area contributed by atoms with E-state index < -0.39 is 0 Å². The molecule has 118 valence electrons. The molecule has 2 fully saturated rings. The Morgan fingerprint density at radius 3 is 2.62 bits per heavy atom. The van der Waals surface area contributed by atoms with Crippen LogP contribution in [0.5, 0.6) is 5.75 Å². The third-order valence-electron chi connectivity index (χ3n) is 4.89. The first-order valence-electron chi connectivity index (χ1n) is 7.94. The van der Waals surface area contributed by atoms with E-state index in [4.69, 9.17) is 4.74 Å². The van der Waals surface area contributed by atoms with E-state index >= 15 is 0 Å². The second kappa shape index (κ2) is 8.02. The van der Waals surface area contributed by atoms with Crippen molar-refractivity contribution in [2.24, 2.45) is 5.92 Å². The molecule has 1 aromatic carbocycles. The molecule has 3 rings (SSSR count). The molecule has 1 N–H and O–H groups in total. The molecule has 4 heteroatoms. The largest absolute Gasteiger partial charge is 0.496 e. The number of methoxy groups -OCH3 is 1. The second-order valence-electron chi connectivity index (χ2n) is 6.13. The number of likely N-dealkylation sites (tertiary alicyclic amines) is 1. The van der Waals surface area contributed by atoms with Crippen LogP contribution in [0, 0.1) is 5.92 Å². The van der Waals surface area contributed by atoms with E-state index in [0.717, 1.165) is 24.3 Å². The molecule has 3 nitrogen and oxygen atoms in total. The molecule has 2 heterocycles. The van der Waals surface area contributed by atoms with Crippen LogP contribution < -0.4 is 10.1 Å². The van der Waals surface area contributed by atoms with Crippen LogP contribution in [0.2, 0.25) is 0 Å². The first kappa shape index (κ1) is 16.6. The Labute approximate surface area is 134 Å². The van der Waals surface area contributed by atoms with Gasteiger partial charge in [0.1, 0.15) is 5.75 Å². The normalized spacial score (nSPS) is 23.8. The summed E-state index contributed by atoms with van der Waals surface area (Å²) in [6.07, 6.45) is 5.43. The predicted octanol–water partition coefficient (Wildman–Crippen LogP) is 3.08. The Morgan fingerprint density at radius 1 is 1.19 bits per heavy atom. The first-order chi connectivity index (χ1) is 9.86. The monoisotopic (exact) mass is 310 g/mol. The molecule has 0 aromatic heterocycles. The molecule has 0 amide bonds. The first-order valence-corrected chi connectivity index (χ1v) is 7.94. The average Bonchev–Trinajstić information content (AvgIpc) is 3.03. The quantitative estimate of drug-likeness (QED) is 0.925. The van der Waals surface area contributed by atoms with Gasteiger partial charge in [0, 0.05) is 18.2 Å². The number of piperidine rings is 1. The van der Waals surface area contributed by atoms with E-state index in [1.807, 2.05) is 6.07 Å². The highest BCUT2D eigenvalue weighted by atomic mass is 35.5. The number of para-hydroxylation sites is 1. The van der Waals surface area contributed by atoms with E-state index in [1.54, 1.807) is 7.11 Å². The lowest BCUT2D eigenvalue weighted by Gasteiger charge is -2.35. The highest BCUT2D eigenvalue weighted by Gasteiger charge is 2.28. The van der Waals surface area contributed by atoms with Gasteiger partial charge in [-0.05, 0) is 57.3 Å². The SMILES string of the molecule is COc1ccccc1CN1CCC(C2CCCN2)CC1.Cl. The van der Waals surface area contributed by atoms with Crippen LogP contribution in [0.3, 0.4) is 0 Å². The van der Waals surface area contributed by atoms with Gasteiger partial charge in [-0.15, -0.1) is 12.4 Å². The summed E-state index contributed by atoms with van der Waals surface area (Å²) in [6.45, 7) is 4.70. The van der Waals surface area contributed by atoms with Gasteiger partial charge in [-0.25, -0.2) is 0 Å². The molecular weight excluding hydrogens is 284 g/mol. The maximum Gasteiger partial charge on any atom is 0.123 e. The van der Waals surface area contributed by atoms with Gasteiger partial charge in [0.25, 0.3) is 0 Å². The molecular formula is C17H27ClN2O. The third kappa shape index (κ3) is 4.12. The van der Waals surface area contributed by atoms with Crippen LogP contribution in [0.1, 0.15) is 31.2 Å². The lowest BCUT2D eigenvalue weighted by Crippen LogP contribution is -2.40. The summed E-state index contributed by atoms with van der Waals surface area (Å²) in [4.78, 5) is 2.57. The van der Waals surface area contributed by atoms with Crippen LogP contribution in [-0.2, 0) is 6.54 Å². The molecule has 2 aliphatic rings. The fourth-order valence-corrected chi connectivity index (χ4v) is 3.70. The van der Waals surface area contributed by atoms with Gasteiger partial charge < -0.3 is 10.1 Å². The van der Waals surface area contributed by atoms with Crippen LogP contribution in [0.15, 0.2) is 24.3 Å². The summed E-state index contributed by atoms with van der Waals surface area (Å²) in [6, 6.07) is 9.19. The maximum absolute atomic E-state index is 5.45. The number of nitrogens with zero attached hydrogens (tertiary/aromatic N) is 1. The minimum absolute atomic E-state index is 0. The molecule has 0 spiro atoms. The zero-order valence-corrected chi connectivity index (χ0v) is 13.7. The number of benzene rings is 1. The summed E-state index contributed by atoms with van der Waals surface area (Å²) in [7, 11) is 1.76. The minimum atomic E-state index is 0. The predicted molar refractivity (Wildman–Crippen MR) is 89.3 cm³/mol. The number of nitrogens with one attached hydrogen (secondary N) is 1. The lowest BCUT2D eigenvalue weighted by atomic mass is 9.88. The van der Waals surface area contributed by atoms with Crippen molar-refractivity contribution in [3.63, 3.8) is 0 Å². The van der Waals surface area contributed by atoms with Crippen molar-refractivity contribution in [2.75, 3.05) is 26.7 Å². The molecule has 1 atom stereocenters. The van der Waals surface area contributed by atoms with Crippen molar-refractivity contribution in [3.05, 3.63) is 29.8 Å². The number of rotatable bonds is 4. The number of ether oxygens (including phenoxy) is 1. The van der Waals surface area contributed by atoms with Crippen LogP contribution in [0.4, 0.5) is 0 Å². The van der Waals surface area contributed by atoms with E-state index in [1.165, 1.54) is 50.9 Å². The van der Waals surface area contributed by atoms with E-state index in [-0.39, 0.29) is 12.4 Å².